The molecular formula is C57H37N5S. The van der Waals surface area contributed by atoms with Crippen LogP contribution in [-0.2, 0) is 6.42 Å². The van der Waals surface area contributed by atoms with E-state index in [1.165, 1.54) is 30.9 Å². The maximum absolute atomic E-state index is 5.59. The van der Waals surface area contributed by atoms with Gasteiger partial charge in [0.25, 0.3) is 0 Å². The van der Waals surface area contributed by atoms with Crippen LogP contribution in [0.4, 0.5) is 0 Å². The van der Waals surface area contributed by atoms with Crippen LogP contribution in [0.25, 0.3) is 104 Å². The Kier molecular flexibility index (Phi) is 9.01. The molecule has 6 heteroatoms. The van der Waals surface area contributed by atoms with Gasteiger partial charge in [0.05, 0.1) is 11.0 Å². The lowest BCUT2D eigenvalue weighted by molar-refractivity contribution is 0.914. The van der Waals surface area contributed by atoms with Gasteiger partial charge in [-0.1, -0.05) is 182 Å². The highest BCUT2D eigenvalue weighted by atomic mass is 32.1. The molecule has 0 spiro atoms. The van der Waals surface area contributed by atoms with Gasteiger partial charge < -0.3 is 0 Å². The van der Waals surface area contributed by atoms with Crippen LogP contribution in [0.5, 0.6) is 0 Å². The number of nitrogens with zero attached hydrogens (tertiary/aromatic N) is 5. The molecule has 0 bridgehead atoms. The summed E-state index contributed by atoms with van der Waals surface area (Å²) in [6.45, 7) is 0. The highest BCUT2D eigenvalue weighted by Gasteiger charge is 2.23. The maximum atomic E-state index is 5.59. The van der Waals surface area contributed by atoms with Crippen molar-refractivity contribution in [3.63, 3.8) is 0 Å². The Balaban J connectivity index is 1.17. The fourth-order valence-corrected chi connectivity index (χ4v) is 10.2. The zero-order chi connectivity index (χ0) is 41.7. The molecule has 0 atom stereocenters. The highest BCUT2D eigenvalue weighted by molar-refractivity contribution is 7.26. The SMILES string of the molecule is c1ccc(-c2nc(Cc3cc(-c4c(-c5ccccc5)cccc4-c4ccccc4)cnc3-n3c4ccccc4c4ccc5sc6ccccc6c5c43)nc(-c3ccccc3)n2)cc1. The van der Waals surface area contributed by atoms with Gasteiger partial charge in [-0.05, 0) is 52.1 Å². The van der Waals surface area contributed by atoms with Crippen molar-refractivity contribution in [2.45, 2.75) is 6.42 Å². The van der Waals surface area contributed by atoms with E-state index in [1.54, 1.807) is 0 Å². The molecule has 0 aliphatic rings. The van der Waals surface area contributed by atoms with E-state index in [2.05, 4.69) is 181 Å². The molecule has 0 saturated heterocycles. The Morgan fingerprint density at radius 2 is 0.984 bits per heavy atom. The van der Waals surface area contributed by atoms with Gasteiger partial charge in [-0.25, -0.2) is 19.9 Å². The molecule has 5 nitrogen and oxygen atoms in total. The van der Waals surface area contributed by atoms with E-state index in [9.17, 15) is 0 Å². The number of aromatic nitrogens is 5. The first-order chi connectivity index (χ1) is 31.2. The van der Waals surface area contributed by atoms with Crippen LogP contribution in [0.1, 0.15) is 11.4 Å². The number of pyridine rings is 1. The van der Waals surface area contributed by atoms with Crippen molar-refractivity contribution < 1.29 is 0 Å². The Hall–Kier alpha value is -8.06. The number of benzene rings is 8. The van der Waals surface area contributed by atoms with Gasteiger partial charge in [0, 0.05) is 65.8 Å². The lowest BCUT2D eigenvalue weighted by Gasteiger charge is -2.19. The summed E-state index contributed by atoms with van der Waals surface area (Å²) in [4.78, 5) is 21.1. The summed E-state index contributed by atoms with van der Waals surface area (Å²) in [6.07, 6.45) is 2.47. The summed E-state index contributed by atoms with van der Waals surface area (Å²) in [7, 11) is 0. The molecule has 4 aromatic heterocycles. The predicted octanol–water partition coefficient (Wildman–Crippen LogP) is 14.7. The molecular weight excluding hydrogens is 787 g/mol. The number of fused-ring (bicyclic) bond motifs is 7. The Labute approximate surface area is 368 Å². The van der Waals surface area contributed by atoms with Gasteiger partial charge in [-0.15, -0.1) is 11.3 Å². The number of hydrogen-bond acceptors (Lipinski definition) is 5. The summed E-state index contributed by atoms with van der Waals surface area (Å²) in [5.74, 6) is 2.77. The van der Waals surface area contributed by atoms with E-state index in [1.807, 2.05) is 47.7 Å². The molecule has 0 radical (unpaired) electrons. The minimum atomic E-state index is 0.404. The largest absolute Gasteiger partial charge is 0.293 e. The summed E-state index contributed by atoms with van der Waals surface area (Å²) in [6, 6.07) is 72.6. The first-order valence-electron chi connectivity index (χ1n) is 21.2. The summed E-state index contributed by atoms with van der Waals surface area (Å²) in [5, 5.41) is 4.85. The van der Waals surface area contributed by atoms with Crippen molar-refractivity contribution in [2.24, 2.45) is 0 Å². The smallest absolute Gasteiger partial charge is 0.163 e. The molecule has 0 aliphatic heterocycles. The Morgan fingerprint density at radius 3 is 1.62 bits per heavy atom. The number of para-hydroxylation sites is 1. The minimum absolute atomic E-state index is 0.404. The third-order valence-electron chi connectivity index (χ3n) is 11.9. The van der Waals surface area contributed by atoms with Crippen molar-refractivity contribution >= 4 is 53.3 Å². The molecule has 0 saturated carbocycles. The second kappa shape index (κ2) is 15.4. The lowest BCUT2D eigenvalue weighted by Crippen LogP contribution is -2.08. The second-order valence-corrected chi connectivity index (χ2v) is 16.8. The van der Waals surface area contributed by atoms with Gasteiger partial charge >= 0.3 is 0 Å². The van der Waals surface area contributed by atoms with Gasteiger partial charge in [0.15, 0.2) is 11.6 Å². The molecule has 0 N–H and O–H groups in total. The topological polar surface area (TPSA) is 56.5 Å². The molecule has 12 rings (SSSR count). The third kappa shape index (κ3) is 6.47. The van der Waals surface area contributed by atoms with Crippen LogP contribution >= 0.6 is 11.3 Å². The van der Waals surface area contributed by atoms with Gasteiger partial charge in [0.2, 0.25) is 0 Å². The average Bonchev–Trinajstić information content (AvgIpc) is 3.90. The van der Waals surface area contributed by atoms with Crippen molar-refractivity contribution in [1.29, 1.82) is 0 Å². The van der Waals surface area contributed by atoms with Gasteiger partial charge in [-0.2, -0.15) is 0 Å². The Morgan fingerprint density at radius 1 is 0.429 bits per heavy atom. The van der Waals surface area contributed by atoms with E-state index in [4.69, 9.17) is 19.9 Å². The molecule has 0 fully saturated rings. The molecule has 296 valence electrons. The molecule has 8 aromatic carbocycles. The van der Waals surface area contributed by atoms with Crippen molar-refractivity contribution in [1.82, 2.24) is 24.5 Å². The van der Waals surface area contributed by atoms with Crippen LogP contribution in [0.15, 0.2) is 212 Å². The quantitative estimate of drug-likeness (QED) is 0.153. The third-order valence-corrected chi connectivity index (χ3v) is 13.1. The zero-order valence-corrected chi connectivity index (χ0v) is 34.9. The van der Waals surface area contributed by atoms with Crippen LogP contribution < -0.4 is 0 Å². The van der Waals surface area contributed by atoms with E-state index < -0.39 is 0 Å². The monoisotopic (exact) mass is 823 g/mol. The predicted molar refractivity (Wildman–Crippen MR) is 261 cm³/mol. The second-order valence-electron chi connectivity index (χ2n) is 15.8. The Bertz CT molecular complexity index is 3520. The van der Waals surface area contributed by atoms with Crippen molar-refractivity contribution in [3.8, 4) is 62.0 Å². The van der Waals surface area contributed by atoms with Crippen LogP contribution in [0, 0.1) is 0 Å². The first kappa shape index (κ1) is 36.8. The van der Waals surface area contributed by atoms with Crippen LogP contribution in [-0.4, -0.2) is 24.5 Å². The van der Waals surface area contributed by atoms with E-state index >= 15 is 0 Å². The minimum Gasteiger partial charge on any atom is -0.293 e. The van der Waals surface area contributed by atoms with Gasteiger partial charge in [-0.3, -0.25) is 4.57 Å². The molecule has 0 amide bonds. The van der Waals surface area contributed by atoms with Crippen molar-refractivity contribution in [3.05, 3.63) is 224 Å². The highest BCUT2D eigenvalue weighted by Crippen LogP contribution is 2.45. The maximum Gasteiger partial charge on any atom is 0.163 e. The molecule has 0 aliphatic carbocycles. The number of hydrogen-bond donors (Lipinski definition) is 0. The molecule has 0 unspecified atom stereocenters. The standard InChI is InChI=1S/C57H37N5S/c1-5-18-37(19-6-1)43-28-17-29-44(38-20-7-2-8-21-38)52(43)42-34-41(35-51-59-55(39-22-9-3-10-23-39)61-56(60-51)40-24-11-4-12-25-40)57(58-36-42)62-48-30-15-13-26-45(48)46-32-33-50-53(54(46)62)47-27-14-16-31-49(47)63-50/h1-34,36H,35H2. The number of rotatable bonds is 8. The molecule has 12 aromatic rings. The fourth-order valence-electron chi connectivity index (χ4n) is 9.14. The normalized spacial score (nSPS) is 11.6. The average molecular weight is 824 g/mol. The van der Waals surface area contributed by atoms with E-state index in [0.717, 1.165) is 66.9 Å². The molecule has 63 heavy (non-hydrogen) atoms. The number of thiophene rings is 1. The van der Waals surface area contributed by atoms with Crippen LogP contribution in [0.3, 0.4) is 0 Å². The summed E-state index contributed by atoms with van der Waals surface area (Å²) in [5.41, 5.74) is 11.8. The summed E-state index contributed by atoms with van der Waals surface area (Å²) < 4.78 is 4.90. The summed E-state index contributed by atoms with van der Waals surface area (Å²) >= 11 is 1.83. The first-order valence-corrected chi connectivity index (χ1v) is 22.0. The lowest BCUT2D eigenvalue weighted by atomic mass is 9.87. The molecule has 4 heterocycles. The van der Waals surface area contributed by atoms with Gasteiger partial charge in [0.1, 0.15) is 11.6 Å². The van der Waals surface area contributed by atoms with Crippen LogP contribution in [0.2, 0.25) is 0 Å². The fraction of sp³-hybridized carbons (Fsp3) is 0.0175. The van der Waals surface area contributed by atoms with Crippen molar-refractivity contribution in [2.75, 3.05) is 0 Å². The van der Waals surface area contributed by atoms with E-state index in [0.29, 0.717) is 23.9 Å². The zero-order valence-electron chi connectivity index (χ0n) is 34.1. The van der Waals surface area contributed by atoms with E-state index in [-0.39, 0.29) is 0 Å².